The summed E-state index contributed by atoms with van der Waals surface area (Å²) in [6, 6.07) is -2.18. The van der Waals surface area contributed by atoms with E-state index in [1.807, 2.05) is 0 Å². The number of imide groups is 1. The van der Waals surface area contributed by atoms with Gasteiger partial charge in [0.2, 0.25) is 27.3 Å². The third-order valence-electron chi connectivity index (χ3n) is 6.46. The number of guanidine groups is 1. The van der Waals surface area contributed by atoms with Gasteiger partial charge in [0.25, 0.3) is 0 Å². The largest absolute Gasteiger partial charge is 0.450 e. The SMILES string of the molecule is C=C1N[C@H]2[C@H](CN3C(=O)CCC3=O)N=C(NC(=O)OCC(Cl)(Cl)Cl)N3C[C@H](C(=O)C(F)(F)F)[C@H](O)[C@]23N1. The number of hydrogen-bond donors (Lipinski definition) is 4. The van der Waals surface area contributed by atoms with Gasteiger partial charge in [0.1, 0.15) is 12.7 Å². The Morgan fingerprint density at radius 3 is 2.43 bits per heavy atom. The quantitative estimate of drug-likeness (QED) is 0.264. The molecule has 0 unspecified atom stereocenters. The van der Waals surface area contributed by atoms with Gasteiger partial charge in [-0.2, -0.15) is 13.2 Å². The molecule has 1 spiro atoms. The van der Waals surface area contributed by atoms with Crippen molar-refractivity contribution in [1.82, 2.24) is 25.8 Å². The lowest BCUT2D eigenvalue weighted by molar-refractivity contribution is -0.178. The highest BCUT2D eigenvalue weighted by Gasteiger charge is 2.69. The molecule has 5 atom stereocenters. The monoisotopic (exact) mass is 590 g/mol. The Labute approximate surface area is 222 Å². The molecule has 0 aromatic rings. The van der Waals surface area contributed by atoms with Crippen molar-refractivity contribution in [1.29, 1.82) is 0 Å². The normalized spacial score (nSPS) is 31.4. The van der Waals surface area contributed by atoms with Gasteiger partial charge in [0.05, 0.1) is 30.4 Å². The number of likely N-dealkylation sites (tertiary alicyclic amines) is 1. The number of halogens is 6. The minimum atomic E-state index is -5.27. The molecule has 3 amide bonds. The van der Waals surface area contributed by atoms with Crippen molar-refractivity contribution in [2.75, 3.05) is 19.7 Å². The van der Waals surface area contributed by atoms with Gasteiger partial charge < -0.3 is 25.4 Å². The Kier molecular flexibility index (Phi) is 6.97. The van der Waals surface area contributed by atoms with E-state index in [2.05, 4.69) is 27.5 Å². The van der Waals surface area contributed by atoms with Crippen LogP contribution in [0.5, 0.6) is 0 Å². The van der Waals surface area contributed by atoms with Crippen LogP contribution in [-0.4, -0.2) is 98.1 Å². The highest BCUT2D eigenvalue weighted by molar-refractivity contribution is 6.67. The molecule has 0 bridgehead atoms. The maximum atomic E-state index is 13.4. The van der Waals surface area contributed by atoms with Gasteiger partial charge in [-0.1, -0.05) is 41.4 Å². The molecule has 0 aromatic heterocycles. The fourth-order valence-electron chi connectivity index (χ4n) is 4.98. The van der Waals surface area contributed by atoms with Crippen molar-refractivity contribution >= 4 is 64.5 Å². The number of aliphatic hydroxyl groups is 1. The zero-order valence-electron chi connectivity index (χ0n) is 18.6. The summed E-state index contributed by atoms with van der Waals surface area (Å²) in [4.78, 5) is 55.4. The maximum absolute atomic E-state index is 13.4. The number of ether oxygens (including phenoxy) is 1. The van der Waals surface area contributed by atoms with Crippen LogP contribution in [0.15, 0.2) is 17.4 Å². The van der Waals surface area contributed by atoms with E-state index < -0.39 is 82.5 Å². The van der Waals surface area contributed by atoms with Gasteiger partial charge >= 0.3 is 12.3 Å². The Balaban J connectivity index is 1.73. The molecule has 3 saturated heterocycles. The second-order valence-electron chi connectivity index (χ2n) is 8.81. The average molecular weight is 592 g/mol. The number of aliphatic imine (C=N–C) groups is 1. The number of ketones is 1. The van der Waals surface area contributed by atoms with E-state index in [1.165, 1.54) is 0 Å². The fraction of sp³-hybridized carbons (Fsp3) is 0.632. The summed E-state index contributed by atoms with van der Waals surface area (Å²) in [6.07, 6.45) is -8.54. The van der Waals surface area contributed by atoms with Crippen molar-refractivity contribution in [2.45, 2.75) is 46.7 Å². The Morgan fingerprint density at radius 1 is 1.24 bits per heavy atom. The summed E-state index contributed by atoms with van der Waals surface area (Å²) in [5, 5.41) is 19.0. The lowest BCUT2D eigenvalue weighted by Crippen LogP contribution is -2.73. The van der Waals surface area contributed by atoms with Gasteiger partial charge in [0.15, 0.2) is 5.66 Å². The highest BCUT2D eigenvalue weighted by atomic mass is 35.6. The highest BCUT2D eigenvalue weighted by Crippen LogP contribution is 2.44. The van der Waals surface area contributed by atoms with Crippen LogP contribution in [0.1, 0.15) is 12.8 Å². The minimum Gasteiger partial charge on any atom is -0.445 e. The van der Waals surface area contributed by atoms with E-state index in [0.717, 1.165) is 9.80 Å². The molecule has 0 saturated carbocycles. The predicted octanol–water partition coefficient (Wildman–Crippen LogP) is 0.123. The van der Waals surface area contributed by atoms with Crippen molar-refractivity contribution in [3.05, 3.63) is 12.4 Å². The molecule has 0 radical (unpaired) electrons. The van der Waals surface area contributed by atoms with Crippen LogP contribution < -0.4 is 16.0 Å². The Bertz CT molecular complexity index is 1070. The number of rotatable bonds is 4. The molecule has 12 nitrogen and oxygen atoms in total. The molecular weight excluding hydrogens is 572 g/mol. The van der Waals surface area contributed by atoms with Crippen LogP contribution in [0.3, 0.4) is 0 Å². The standard InChI is InChI=1S/C19H20Cl3F3N6O6/c1-7-26-12-9(5-30-10(32)2-3-11(30)33)27-15(28-16(36)37-6-17(20,21)22)31-4-8(14(35)19(23,24)25)13(34)18(12,31)29-7/h8-9,12-13,26,29,34H,1-6H2,(H,27,28,36)/t8-,9-,12-,13-,18-/m0/s1. The summed E-state index contributed by atoms with van der Waals surface area (Å²) in [5.41, 5.74) is -1.88. The first-order valence-electron chi connectivity index (χ1n) is 10.8. The van der Waals surface area contributed by atoms with Gasteiger partial charge in [-0.3, -0.25) is 24.6 Å². The number of Topliss-reactive ketones (excluding diaryl/α,β-unsaturated/α-hetero) is 1. The summed E-state index contributed by atoms with van der Waals surface area (Å²) < 4.78 is 42.9. The Hall–Kier alpha value is -2.49. The molecule has 0 aliphatic carbocycles. The van der Waals surface area contributed by atoms with E-state index in [4.69, 9.17) is 39.5 Å². The number of carbonyl (C=O) groups is 4. The third kappa shape index (κ3) is 5.01. The van der Waals surface area contributed by atoms with Gasteiger partial charge in [-0.15, -0.1) is 0 Å². The summed E-state index contributed by atoms with van der Waals surface area (Å²) in [6.45, 7) is 1.96. The zero-order chi connectivity index (χ0) is 27.5. The number of alkyl carbamates (subject to hydrolysis) is 1. The predicted molar refractivity (Wildman–Crippen MR) is 121 cm³/mol. The van der Waals surface area contributed by atoms with Crippen LogP contribution in [0.2, 0.25) is 0 Å². The molecule has 18 heteroatoms. The third-order valence-corrected chi connectivity index (χ3v) is 6.79. The number of nitrogens with zero attached hydrogens (tertiary/aromatic N) is 3. The summed E-state index contributed by atoms with van der Waals surface area (Å²) in [5.74, 6) is -5.50. The molecular formula is C19H20Cl3F3N6O6. The molecule has 4 rings (SSSR count). The smallest absolute Gasteiger partial charge is 0.445 e. The second-order valence-corrected chi connectivity index (χ2v) is 11.3. The van der Waals surface area contributed by atoms with Gasteiger partial charge in [-0.05, 0) is 0 Å². The van der Waals surface area contributed by atoms with Gasteiger partial charge in [-0.25, -0.2) is 9.79 Å². The molecule has 204 valence electrons. The first-order valence-corrected chi connectivity index (χ1v) is 11.9. The Morgan fingerprint density at radius 2 is 1.86 bits per heavy atom. The van der Waals surface area contributed by atoms with Crippen LogP contribution in [0.25, 0.3) is 0 Å². The van der Waals surface area contributed by atoms with Gasteiger partial charge in [0, 0.05) is 19.4 Å². The molecule has 4 aliphatic rings. The molecule has 37 heavy (non-hydrogen) atoms. The van der Waals surface area contributed by atoms with Crippen molar-refractivity contribution < 1.29 is 42.2 Å². The van der Waals surface area contributed by atoms with Crippen molar-refractivity contribution in [3.63, 3.8) is 0 Å². The molecule has 4 heterocycles. The number of carbonyl (C=O) groups excluding carboxylic acids is 4. The van der Waals surface area contributed by atoms with E-state index in [-0.39, 0.29) is 25.2 Å². The zero-order valence-corrected chi connectivity index (χ0v) is 20.9. The molecule has 3 fully saturated rings. The first-order chi connectivity index (χ1) is 17.0. The van der Waals surface area contributed by atoms with Crippen LogP contribution in [0, 0.1) is 5.92 Å². The molecule has 0 aromatic carbocycles. The van der Waals surface area contributed by atoms with Crippen LogP contribution in [-0.2, 0) is 19.1 Å². The molecule has 4 N–H and O–H groups in total. The summed E-state index contributed by atoms with van der Waals surface area (Å²) in [7, 11) is 0. The second kappa shape index (κ2) is 9.36. The first kappa shape index (κ1) is 27.5. The van der Waals surface area contributed by atoms with E-state index in [0.29, 0.717) is 0 Å². The topological polar surface area (TPSA) is 153 Å². The lowest BCUT2D eigenvalue weighted by atomic mass is 9.84. The van der Waals surface area contributed by atoms with Crippen molar-refractivity contribution in [3.8, 4) is 0 Å². The van der Waals surface area contributed by atoms with Crippen molar-refractivity contribution in [2.24, 2.45) is 10.9 Å². The van der Waals surface area contributed by atoms with E-state index in [1.54, 1.807) is 0 Å². The lowest BCUT2D eigenvalue weighted by Gasteiger charge is -2.47. The number of amides is 3. The van der Waals surface area contributed by atoms with Crippen LogP contribution in [0.4, 0.5) is 18.0 Å². The number of nitrogens with one attached hydrogen (secondary N) is 3. The number of aliphatic hydroxyl groups excluding tert-OH is 1. The average Bonchev–Trinajstić information content (AvgIpc) is 3.39. The maximum Gasteiger partial charge on any atom is 0.450 e. The number of alkyl halides is 6. The van der Waals surface area contributed by atoms with E-state index in [9.17, 15) is 37.5 Å². The fourth-order valence-corrected chi connectivity index (χ4v) is 5.15. The van der Waals surface area contributed by atoms with Crippen LogP contribution >= 0.6 is 34.8 Å². The number of hydrogen-bond acceptors (Lipinski definition) is 10. The summed E-state index contributed by atoms with van der Waals surface area (Å²) >= 11 is 16.7. The molecule has 4 aliphatic heterocycles. The minimum absolute atomic E-state index is 0.0329. The van der Waals surface area contributed by atoms with E-state index >= 15 is 0 Å².